The van der Waals surface area contributed by atoms with Crippen molar-refractivity contribution in [2.75, 3.05) is 32.8 Å². The van der Waals surface area contributed by atoms with Crippen LogP contribution in [0.4, 0.5) is 0 Å². The van der Waals surface area contributed by atoms with Crippen molar-refractivity contribution < 1.29 is 4.74 Å². The van der Waals surface area contributed by atoms with E-state index in [2.05, 4.69) is 4.90 Å². The van der Waals surface area contributed by atoms with Gasteiger partial charge in [-0.25, -0.2) is 4.68 Å². The minimum Gasteiger partial charge on any atom is -0.379 e. The van der Waals surface area contributed by atoms with Gasteiger partial charge in [0.1, 0.15) is 0 Å². The number of fused-ring (bicyclic) bond motifs is 1. The number of ether oxygens (including phenoxy) is 1. The molecule has 1 aromatic heterocycles. The second-order valence-corrected chi connectivity index (χ2v) is 6.24. The van der Waals surface area contributed by atoms with Gasteiger partial charge in [0.25, 0.3) is 5.56 Å². The van der Waals surface area contributed by atoms with Gasteiger partial charge in [-0.2, -0.15) is 5.10 Å². The molecule has 0 radical (unpaired) electrons. The molecule has 3 aromatic rings. The molecule has 0 spiro atoms. The van der Waals surface area contributed by atoms with Crippen LogP contribution in [0.3, 0.4) is 0 Å². The first kappa shape index (κ1) is 16.0. The van der Waals surface area contributed by atoms with E-state index in [4.69, 9.17) is 9.84 Å². The van der Waals surface area contributed by atoms with Crippen molar-refractivity contribution in [1.82, 2.24) is 14.7 Å². The number of hydrogen-bond donors (Lipinski definition) is 0. The van der Waals surface area contributed by atoms with Gasteiger partial charge < -0.3 is 4.74 Å². The lowest BCUT2D eigenvalue weighted by atomic mass is 10.1. The summed E-state index contributed by atoms with van der Waals surface area (Å²) in [4.78, 5) is 15.2. The van der Waals surface area contributed by atoms with Crippen LogP contribution in [-0.2, 0) is 11.3 Å². The van der Waals surface area contributed by atoms with Gasteiger partial charge in [-0.1, -0.05) is 48.5 Å². The maximum Gasteiger partial charge on any atom is 0.274 e. The lowest BCUT2D eigenvalue weighted by Crippen LogP contribution is -2.39. The highest BCUT2D eigenvalue weighted by Gasteiger charge is 2.14. The molecule has 0 saturated carbocycles. The number of hydrogen-bond acceptors (Lipinski definition) is 4. The summed E-state index contributed by atoms with van der Waals surface area (Å²) in [6.07, 6.45) is 0. The van der Waals surface area contributed by atoms with Gasteiger partial charge in [-0.15, -0.1) is 0 Å². The van der Waals surface area contributed by atoms with E-state index < -0.39 is 0 Å². The fraction of sp³-hybridized carbons (Fsp3) is 0.300. The van der Waals surface area contributed by atoms with Crippen LogP contribution in [0.1, 0.15) is 0 Å². The normalized spacial score (nSPS) is 15.5. The molecule has 0 N–H and O–H groups in total. The van der Waals surface area contributed by atoms with E-state index in [1.807, 2.05) is 54.6 Å². The van der Waals surface area contributed by atoms with Gasteiger partial charge in [-0.05, 0) is 6.07 Å². The van der Waals surface area contributed by atoms with Crippen LogP contribution in [-0.4, -0.2) is 47.5 Å². The van der Waals surface area contributed by atoms with Gasteiger partial charge in [0.15, 0.2) is 0 Å². The third kappa shape index (κ3) is 3.34. The third-order valence-corrected chi connectivity index (χ3v) is 4.65. The maximum absolute atomic E-state index is 12.8. The summed E-state index contributed by atoms with van der Waals surface area (Å²) < 4.78 is 7.00. The summed E-state index contributed by atoms with van der Waals surface area (Å²) in [6.45, 7) is 4.73. The highest BCUT2D eigenvalue weighted by molar-refractivity contribution is 5.93. The number of benzene rings is 2. The molecule has 2 aromatic carbocycles. The molecule has 1 saturated heterocycles. The first-order valence-corrected chi connectivity index (χ1v) is 8.68. The highest BCUT2D eigenvalue weighted by atomic mass is 16.5. The molecule has 5 heteroatoms. The Morgan fingerprint density at radius 2 is 1.56 bits per heavy atom. The molecular formula is C20H21N3O2. The third-order valence-electron chi connectivity index (χ3n) is 4.65. The van der Waals surface area contributed by atoms with E-state index in [1.165, 1.54) is 0 Å². The Kier molecular flexibility index (Phi) is 4.59. The molecule has 0 bridgehead atoms. The predicted molar refractivity (Wildman–Crippen MR) is 98.7 cm³/mol. The number of rotatable bonds is 4. The summed E-state index contributed by atoms with van der Waals surface area (Å²) in [5.41, 5.74) is 1.86. The predicted octanol–water partition coefficient (Wildman–Crippen LogP) is 2.40. The van der Waals surface area contributed by atoms with Crippen LogP contribution < -0.4 is 5.56 Å². The van der Waals surface area contributed by atoms with Crippen molar-refractivity contribution in [3.05, 3.63) is 65.0 Å². The van der Waals surface area contributed by atoms with Crippen molar-refractivity contribution in [1.29, 1.82) is 0 Å². The van der Waals surface area contributed by atoms with E-state index in [9.17, 15) is 4.79 Å². The van der Waals surface area contributed by atoms with Gasteiger partial charge in [0.05, 0.1) is 30.8 Å². The Hall–Kier alpha value is -2.50. The highest BCUT2D eigenvalue weighted by Crippen LogP contribution is 2.24. The van der Waals surface area contributed by atoms with E-state index in [0.717, 1.165) is 54.9 Å². The zero-order valence-electron chi connectivity index (χ0n) is 14.1. The number of morpholine rings is 1. The molecule has 1 aliphatic heterocycles. The van der Waals surface area contributed by atoms with E-state index in [0.29, 0.717) is 6.54 Å². The molecule has 0 atom stereocenters. The molecule has 4 rings (SSSR count). The molecule has 2 heterocycles. The van der Waals surface area contributed by atoms with Gasteiger partial charge in [0, 0.05) is 30.6 Å². The Morgan fingerprint density at radius 3 is 2.32 bits per heavy atom. The van der Waals surface area contributed by atoms with Gasteiger partial charge in [0.2, 0.25) is 0 Å². The lowest BCUT2D eigenvalue weighted by Gasteiger charge is -2.26. The van der Waals surface area contributed by atoms with Crippen molar-refractivity contribution in [3.8, 4) is 11.3 Å². The summed E-state index contributed by atoms with van der Waals surface area (Å²) in [6, 6.07) is 17.8. The smallest absolute Gasteiger partial charge is 0.274 e. The number of aromatic nitrogens is 2. The largest absolute Gasteiger partial charge is 0.379 e. The monoisotopic (exact) mass is 335 g/mol. The van der Waals surface area contributed by atoms with Crippen LogP contribution in [0.15, 0.2) is 59.4 Å². The fourth-order valence-corrected chi connectivity index (χ4v) is 3.26. The summed E-state index contributed by atoms with van der Waals surface area (Å²) in [5.74, 6) is 0. The van der Waals surface area contributed by atoms with Crippen LogP contribution in [0.5, 0.6) is 0 Å². The van der Waals surface area contributed by atoms with E-state index in [-0.39, 0.29) is 5.56 Å². The van der Waals surface area contributed by atoms with Crippen LogP contribution in [0, 0.1) is 0 Å². The molecular weight excluding hydrogens is 314 g/mol. The molecule has 128 valence electrons. The molecule has 25 heavy (non-hydrogen) atoms. The summed E-state index contributed by atoms with van der Waals surface area (Å²) >= 11 is 0. The van der Waals surface area contributed by atoms with Gasteiger partial charge in [-0.3, -0.25) is 9.69 Å². The average molecular weight is 335 g/mol. The van der Waals surface area contributed by atoms with Crippen LogP contribution in [0.2, 0.25) is 0 Å². The first-order valence-electron chi connectivity index (χ1n) is 8.68. The summed E-state index contributed by atoms with van der Waals surface area (Å²) in [5, 5.41) is 6.33. The molecule has 0 unspecified atom stereocenters. The minimum atomic E-state index is -0.0245. The topological polar surface area (TPSA) is 47.4 Å². The molecule has 0 amide bonds. The summed E-state index contributed by atoms with van der Waals surface area (Å²) in [7, 11) is 0. The minimum absolute atomic E-state index is 0.0245. The maximum atomic E-state index is 12.8. The van der Waals surface area contributed by atoms with E-state index in [1.54, 1.807) is 4.68 Å². The zero-order valence-corrected chi connectivity index (χ0v) is 14.1. The molecule has 0 aliphatic carbocycles. The second kappa shape index (κ2) is 7.17. The quantitative estimate of drug-likeness (QED) is 0.734. The van der Waals surface area contributed by atoms with Crippen molar-refractivity contribution in [3.63, 3.8) is 0 Å². The SMILES string of the molecule is O=c1c2ccccc2c(-c2ccccc2)nn1CCN1CCOCC1. The molecule has 5 nitrogen and oxygen atoms in total. The number of nitrogens with zero attached hydrogens (tertiary/aromatic N) is 3. The van der Waals surface area contributed by atoms with E-state index >= 15 is 0 Å². The Bertz CT molecular complexity index is 915. The second-order valence-electron chi connectivity index (χ2n) is 6.24. The average Bonchev–Trinajstić information content (AvgIpc) is 2.69. The molecule has 1 fully saturated rings. The van der Waals surface area contributed by atoms with Crippen molar-refractivity contribution in [2.45, 2.75) is 6.54 Å². The Morgan fingerprint density at radius 1 is 0.880 bits per heavy atom. The Labute approximate surface area is 146 Å². The van der Waals surface area contributed by atoms with Crippen molar-refractivity contribution >= 4 is 10.8 Å². The van der Waals surface area contributed by atoms with Crippen molar-refractivity contribution in [2.24, 2.45) is 0 Å². The fourth-order valence-electron chi connectivity index (χ4n) is 3.26. The van der Waals surface area contributed by atoms with Gasteiger partial charge >= 0.3 is 0 Å². The van der Waals surface area contributed by atoms with Crippen LogP contribution >= 0.6 is 0 Å². The first-order chi connectivity index (χ1) is 12.3. The molecule has 1 aliphatic rings. The zero-order chi connectivity index (χ0) is 17.1. The van der Waals surface area contributed by atoms with Crippen LogP contribution in [0.25, 0.3) is 22.0 Å². The lowest BCUT2D eigenvalue weighted by molar-refractivity contribution is 0.0358. The standard InChI is InChI=1S/C20H21N3O2/c24-20-18-9-5-4-8-17(18)19(16-6-2-1-3-7-16)21-23(20)11-10-22-12-14-25-15-13-22/h1-9H,10-15H2. The Balaban J connectivity index is 1.74.